The maximum atomic E-state index is 5.71. The van der Waals surface area contributed by atoms with E-state index in [0.717, 1.165) is 30.4 Å². The van der Waals surface area contributed by atoms with E-state index in [4.69, 9.17) is 4.42 Å². The van der Waals surface area contributed by atoms with E-state index in [1.165, 1.54) is 18.2 Å². The molecule has 1 aromatic heterocycles. The molecule has 1 fully saturated rings. The summed E-state index contributed by atoms with van der Waals surface area (Å²) >= 11 is 0. The summed E-state index contributed by atoms with van der Waals surface area (Å²) in [5.41, 5.74) is 0.987. The molecule has 0 bridgehead atoms. The first-order chi connectivity index (χ1) is 7.42. The number of para-hydroxylation sites is 1. The molecule has 2 aromatic rings. The molecular weight excluding hydrogens is 186 g/mol. The summed E-state index contributed by atoms with van der Waals surface area (Å²) < 4.78 is 5.71. The highest BCUT2D eigenvalue weighted by molar-refractivity contribution is 5.77. The number of benzene rings is 1. The number of nitrogens with one attached hydrogen (secondary N) is 1. The Kier molecular flexibility index (Phi) is 2.22. The zero-order valence-corrected chi connectivity index (χ0v) is 8.70. The Labute approximate surface area is 89.3 Å². The van der Waals surface area contributed by atoms with Crippen molar-refractivity contribution < 1.29 is 4.42 Å². The molecule has 0 aliphatic heterocycles. The van der Waals surface area contributed by atoms with Crippen molar-refractivity contribution in [3.63, 3.8) is 0 Å². The predicted molar refractivity (Wildman–Crippen MR) is 60.6 cm³/mol. The van der Waals surface area contributed by atoms with Crippen LogP contribution in [0.5, 0.6) is 0 Å². The first-order valence-electron chi connectivity index (χ1n) is 5.60. The van der Waals surface area contributed by atoms with Crippen LogP contribution in [0.1, 0.15) is 18.6 Å². The van der Waals surface area contributed by atoms with Gasteiger partial charge in [0.05, 0.1) is 6.54 Å². The minimum absolute atomic E-state index is 0.852. The minimum Gasteiger partial charge on any atom is -0.460 e. The third-order valence-electron chi connectivity index (χ3n) is 2.91. The maximum absolute atomic E-state index is 5.71. The number of furan rings is 1. The Morgan fingerprint density at radius 2 is 2.13 bits per heavy atom. The summed E-state index contributed by atoms with van der Waals surface area (Å²) in [6, 6.07) is 10.3. The van der Waals surface area contributed by atoms with Gasteiger partial charge in [-0.1, -0.05) is 18.2 Å². The molecule has 15 heavy (non-hydrogen) atoms. The average molecular weight is 201 g/mol. The van der Waals surface area contributed by atoms with Crippen LogP contribution >= 0.6 is 0 Å². The molecule has 1 aliphatic rings. The summed E-state index contributed by atoms with van der Waals surface area (Å²) in [7, 11) is 0. The zero-order valence-electron chi connectivity index (χ0n) is 8.70. The topological polar surface area (TPSA) is 25.2 Å². The number of rotatable bonds is 4. The maximum Gasteiger partial charge on any atom is 0.134 e. The molecule has 1 aliphatic carbocycles. The van der Waals surface area contributed by atoms with Crippen molar-refractivity contribution in [2.24, 2.45) is 5.92 Å². The predicted octanol–water partition coefficient (Wildman–Crippen LogP) is 2.93. The fourth-order valence-corrected chi connectivity index (χ4v) is 1.85. The Balaban J connectivity index is 1.68. The summed E-state index contributed by atoms with van der Waals surface area (Å²) in [6.45, 7) is 1.99. The first kappa shape index (κ1) is 8.98. The van der Waals surface area contributed by atoms with Crippen molar-refractivity contribution in [1.82, 2.24) is 5.32 Å². The summed E-state index contributed by atoms with van der Waals surface area (Å²) in [5.74, 6) is 1.96. The van der Waals surface area contributed by atoms with E-state index < -0.39 is 0 Å². The highest BCUT2D eigenvalue weighted by Crippen LogP contribution is 2.27. The van der Waals surface area contributed by atoms with Crippen molar-refractivity contribution in [1.29, 1.82) is 0 Å². The van der Waals surface area contributed by atoms with Crippen LogP contribution in [-0.4, -0.2) is 6.54 Å². The lowest BCUT2D eigenvalue weighted by atomic mass is 10.2. The Morgan fingerprint density at radius 3 is 2.93 bits per heavy atom. The van der Waals surface area contributed by atoms with Gasteiger partial charge in [0, 0.05) is 5.39 Å². The largest absolute Gasteiger partial charge is 0.460 e. The molecule has 0 spiro atoms. The molecule has 1 N–H and O–H groups in total. The molecule has 0 amide bonds. The van der Waals surface area contributed by atoms with E-state index >= 15 is 0 Å². The van der Waals surface area contributed by atoms with Gasteiger partial charge in [-0.15, -0.1) is 0 Å². The molecule has 1 heterocycles. The van der Waals surface area contributed by atoms with Gasteiger partial charge in [0.25, 0.3) is 0 Å². The van der Waals surface area contributed by atoms with E-state index in [1.54, 1.807) is 0 Å². The Bertz CT molecular complexity index is 423. The van der Waals surface area contributed by atoms with Crippen molar-refractivity contribution in [2.75, 3.05) is 6.54 Å². The molecule has 2 nitrogen and oxygen atoms in total. The summed E-state index contributed by atoms with van der Waals surface area (Å²) in [6.07, 6.45) is 2.79. The van der Waals surface area contributed by atoms with E-state index in [2.05, 4.69) is 17.4 Å². The SMILES string of the molecule is c1ccc2oc(CNCC3CC3)cc2c1. The van der Waals surface area contributed by atoms with Crippen LogP contribution in [0, 0.1) is 5.92 Å². The second kappa shape index (κ2) is 3.70. The van der Waals surface area contributed by atoms with Crippen molar-refractivity contribution in [3.8, 4) is 0 Å². The van der Waals surface area contributed by atoms with Gasteiger partial charge in [-0.3, -0.25) is 0 Å². The molecule has 0 atom stereocenters. The Morgan fingerprint density at radius 1 is 1.27 bits per heavy atom. The molecule has 0 unspecified atom stereocenters. The van der Waals surface area contributed by atoms with Gasteiger partial charge in [0.1, 0.15) is 11.3 Å². The molecule has 0 saturated heterocycles. The van der Waals surface area contributed by atoms with Gasteiger partial charge < -0.3 is 9.73 Å². The van der Waals surface area contributed by atoms with Crippen LogP contribution in [0.3, 0.4) is 0 Å². The molecule has 1 saturated carbocycles. The standard InChI is InChI=1S/C13H15NO/c1-2-4-13-11(3-1)7-12(15-13)9-14-8-10-5-6-10/h1-4,7,10,14H,5-6,8-9H2. The first-order valence-corrected chi connectivity index (χ1v) is 5.60. The molecule has 1 aromatic carbocycles. The number of fused-ring (bicyclic) bond motifs is 1. The number of hydrogen-bond donors (Lipinski definition) is 1. The van der Waals surface area contributed by atoms with Gasteiger partial charge in [0.15, 0.2) is 0 Å². The van der Waals surface area contributed by atoms with Gasteiger partial charge in [0.2, 0.25) is 0 Å². The van der Waals surface area contributed by atoms with Gasteiger partial charge >= 0.3 is 0 Å². The average Bonchev–Trinajstić information content (AvgIpc) is 2.97. The Hall–Kier alpha value is -1.28. The fraction of sp³-hybridized carbons (Fsp3) is 0.385. The highest BCUT2D eigenvalue weighted by Gasteiger charge is 2.20. The molecule has 78 valence electrons. The van der Waals surface area contributed by atoms with Gasteiger partial charge in [-0.25, -0.2) is 0 Å². The van der Waals surface area contributed by atoms with Gasteiger partial charge in [-0.05, 0) is 37.4 Å². The quantitative estimate of drug-likeness (QED) is 0.822. The lowest BCUT2D eigenvalue weighted by molar-refractivity contribution is 0.507. The molecule has 3 rings (SSSR count). The van der Waals surface area contributed by atoms with Crippen LogP contribution < -0.4 is 5.32 Å². The minimum atomic E-state index is 0.852. The van der Waals surface area contributed by atoms with Crippen LogP contribution in [0.25, 0.3) is 11.0 Å². The summed E-state index contributed by atoms with van der Waals surface area (Å²) in [4.78, 5) is 0. The molecule has 0 radical (unpaired) electrons. The molecule has 2 heteroatoms. The van der Waals surface area contributed by atoms with E-state index in [0.29, 0.717) is 0 Å². The third-order valence-corrected chi connectivity index (χ3v) is 2.91. The zero-order chi connectivity index (χ0) is 10.1. The van der Waals surface area contributed by atoms with Crippen LogP contribution in [0.15, 0.2) is 34.7 Å². The van der Waals surface area contributed by atoms with Crippen molar-refractivity contribution in [3.05, 3.63) is 36.1 Å². The smallest absolute Gasteiger partial charge is 0.134 e. The van der Waals surface area contributed by atoms with Gasteiger partial charge in [-0.2, -0.15) is 0 Å². The lowest BCUT2D eigenvalue weighted by Gasteiger charge is -1.98. The van der Waals surface area contributed by atoms with E-state index in [-0.39, 0.29) is 0 Å². The second-order valence-corrected chi connectivity index (χ2v) is 4.32. The van der Waals surface area contributed by atoms with Crippen LogP contribution in [-0.2, 0) is 6.54 Å². The van der Waals surface area contributed by atoms with E-state index in [1.807, 2.05) is 18.2 Å². The lowest BCUT2D eigenvalue weighted by Crippen LogP contribution is -2.15. The molecular formula is C13H15NO. The van der Waals surface area contributed by atoms with E-state index in [9.17, 15) is 0 Å². The van der Waals surface area contributed by atoms with Crippen molar-refractivity contribution in [2.45, 2.75) is 19.4 Å². The fourth-order valence-electron chi connectivity index (χ4n) is 1.85. The second-order valence-electron chi connectivity index (χ2n) is 4.32. The third kappa shape index (κ3) is 2.05. The number of hydrogen-bond acceptors (Lipinski definition) is 2. The van der Waals surface area contributed by atoms with Crippen molar-refractivity contribution >= 4 is 11.0 Å². The monoisotopic (exact) mass is 201 g/mol. The van der Waals surface area contributed by atoms with Crippen LogP contribution in [0.4, 0.5) is 0 Å². The highest BCUT2D eigenvalue weighted by atomic mass is 16.3. The normalized spacial score (nSPS) is 16.0. The summed E-state index contributed by atoms with van der Waals surface area (Å²) in [5, 5.41) is 4.63. The van der Waals surface area contributed by atoms with Crippen LogP contribution in [0.2, 0.25) is 0 Å².